The lowest BCUT2D eigenvalue weighted by Crippen LogP contribution is -2.49. The molecular weight excluding hydrogens is 326 g/mol. The Morgan fingerprint density at radius 3 is 2.67 bits per heavy atom. The van der Waals surface area contributed by atoms with Crippen molar-refractivity contribution in [2.45, 2.75) is 50.6 Å². The van der Waals surface area contributed by atoms with Crippen LogP contribution in [0.25, 0.3) is 0 Å². The van der Waals surface area contributed by atoms with Crippen molar-refractivity contribution < 1.29 is 14.4 Å². The van der Waals surface area contributed by atoms with Gasteiger partial charge in [-0.25, -0.2) is 4.79 Å². The van der Waals surface area contributed by atoms with Gasteiger partial charge < -0.3 is 10.2 Å². The molecule has 1 aromatic rings. The third-order valence-corrected chi connectivity index (χ3v) is 6.19. The van der Waals surface area contributed by atoms with E-state index < -0.39 is 5.54 Å². The number of hydrogen-bond donors (Lipinski definition) is 1. The molecule has 0 aromatic carbocycles. The molecule has 1 unspecified atom stereocenters. The highest BCUT2D eigenvalue weighted by Gasteiger charge is 2.55. The molecule has 0 bridgehead atoms. The number of carbonyl (C=O) groups excluding carboxylic acids is 3. The summed E-state index contributed by atoms with van der Waals surface area (Å²) in [5, 5.41) is 4.82. The molecule has 1 aromatic heterocycles. The SMILES string of the molecule is CC(NC(=O)CN1C(=O)N(C)C2(CCCCC2)C1=O)c1cccs1. The Kier molecular flexibility index (Phi) is 4.62. The maximum Gasteiger partial charge on any atom is 0.327 e. The number of thiophene rings is 1. The van der Waals surface area contributed by atoms with Crippen LogP contribution in [0, 0.1) is 0 Å². The first-order chi connectivity index (χ1) is 11.5. The Morgan fingerprint density at radius 1 is 1.33 bits per heavy atom. The molecule has 1 atom stereocenters. The summed E-state index contributed by atoms with van der Waals surface area (Å²) in [6.45, 7) is 1.69. The summed E-state index contributed by atoms with van der Waals surface area (Å²) in [5.74, 6) is -0.521. The molecule has 4 amide bonds. The van der Waals surface area contributed by atoms with Crippen LogP contribution >= 0.6 is 11.3 Å². The van der Waals surface area contributed by atoms with Crippen molar-refractivity contribution in [2.75, 3.05) is 13.6 Å². The lowest BCUT2D eigenvalue weighted by atomic mass is 9.81. The molecule has 130 valence electrons. The topological polar surface area (TPSA) is 69.7 Å². The first-order valence-corrected chi connectivity index (χ1v) is 9.26. The summed E-state index contributed by atoms with van der Waals surface area (Å²) in [7, 11) is 1.68. The zero-order chi connectivity index (χ0) is 17.3. The van der Waals surface area contributed by atoms with Gasteiger partial charge in [0.2, 0.25) is 5.91 Å². The van der Waals surface area contributed by atoms with Gasteiger partial charge in [-0.05, 0) is 31.2 Å². The van der Waals surface area contributed by atoms with E-state index in [-0.39, 0.29) is 30.4 Å². The normalized spacial score (nSPS) is 21.4. The monoisotopic (exact) mass is 349 g/mol. The van der Waals surface area contributed by atoms with Gasteiger partial charge >= 0.3 is 6.03 Å². The summed E-state index contributed by atoms with van der Waals surface area (Å²) in [6, 6.07) is 3.39. The molecule has 1 saturated heterocycles. The number of urea groups is 1. The van der Waals surface area contributed by atoms with Crippen molar-refractivity contribution in [3.05, 3.63) is 22.4 Å². The van der Waals surface area contributed by atoms with Crippen molar-refractivity contribution in [1.82, 2.24) is 15.1 Å². The first-order valence-electron chi connectivity index (χ1n) is 8.38. The van der Waals surface area contributed by atoms with Gasteiger partial charge in [0.1, 0.15) is 12.1 Å². The standard InChI is InChI=1S/C17H23N3O3S/c1-12(13-7-6-10-24-13)18-14(21)11-20-15(22)17(19(2)16(20)23)8-4-3-5-9-17/h6-7,10,12H,3-5,8-9,11H2,1-2H3,(H,18,21). The Morgan fingerprint density at radius 2 is 2.04 bits per heavy atom. The van der Waals surface area contributed by atoms with Gasteiger partial charge in [-0.15, -0.1) is 11.3 Å². The van der Waals surface area contributed by atoms with Crippen LogP contribution in [0.15, 0.2) is 17.5 Å². The van der Waals surface area contributed by atoms with E-state index in [1.54, 1.807) is 23.3 Å². The fourth-order valence-electron chi connectivity index (χ4n) is 3.71. The second-order valence-electron chi connectivity index (χ2n) is 6.63. The third kappa shape index (κ3) is 2.81. The average Bonchev–Trinajstić information content (AvgIpc) is 3.17. The second kappa shape index (κ2) is 6.55. The zero-order valence-electron chi connectivity index (χ0n) is 14.1. The summed E-state index contributed by atoms with van der Waals surface area (Å²) < 4.78 is 0. The van der Waals surface area contributed by atoms with E-state index in [9.17, 15) is 14.4 Å². The van der Waals surface area contributed by atoms with Gasteiger partial charge in [0.05, 0.1) is 6.04 Å². The number of hydrogen-bond acceptors (Lipinski definition) is 4. The van der Waals surface area contributed by atoms with Crippen molar-refractivity contribution in [3.8, 4) is 0 Å². The molecular formula is C17H23N3O3S. The lowest BCUT2D eigenvalue weighted by Gasteiger charge is -2.35. The van der Waals surface area contributed by atoms with Crippen molar-refractivity contribution in [2.24, 2.45) is 0 Å². The molecule has 7 heteroatoms. The van der Waals surface area contributed by atoms with Crippen molar-refractivity contribution in [3.63, 3.8) is 0 Å². The van der Waals surface area contributed by atoms with Gasteiger partial charge in [0.15, 0.2) is 0 Å². The smallest absolute Gasteiger partial charge is 0.327 e. The molecule has 2 fully saturated rings. The Hall–Kier alpha value is -1.89. The summed E-state index contributed by atoms with van der Waals surface area (Å²) >= 11 is 1.56. The number of amides is 4. The highest BCUT2D eigenvalue weighted by Crippen LogP contribution is 2.39. The van der Waals surface area contributed by atoms with E-state index in [2.05, 4.69) is 5.32 Å². The highest BCUT2D eigenvalue weighted by molar-refractivity contribution is 7.10. The second-order valence-corrected chi connectivity index (χ2v) is 7.61. The van der Waals surface area contributed by atoms with Gasteiger partial charge in [-0.2, -0.15) is 0 Å². The molecule has 1 N–H and O–H groups in total. The first kappa shape index (κ1) is 17.0. The average molecular weight is 349 g/mol. The van der Waals surface area contributed by atoms with Crippen LogP contribution in [0.1, 0.15) is 49.9 Å². The van der Waals surface area contributed by atoms with Crippen LogP contribution < -0.4 is 5.32 Å². The van der Waals surface area contributed by atoms with Gasteiger partial charge in [-0.1, -0.05) is 25.3 Å². The molecule has 1 spiro atoms. The summed E-state index contributed by atoms with van der Waals surface area (Å²) in [6.07, 6.45) is 4.36. The molecule has 1 saturated carbocycles. The maximum absolute atomic E-state index is 12.8. The number of carbonyl (C=O) groups is 3. The molecule has 1 aliphatic carbocycles. The number of nitrogens with zero attached hydrogens (tertiary/aromatic N) is 2. The van der Waals surface area contributed by atoms with E-state index in [1.807, 2.05) is 24.4 Å². The van der Waals surface area contributed by atoms with Crippen LogP contribution in [0.5, 0.6) is 0 Å². The van der Waals surface area contributed by atoms with E-state index in [0.717, 1.165) is 29.0 Å². The molecule has 0 radical (unpaired) electrons. The molecule has 2 heterocycles. The minimum atomic E-state index is -0.727. The fraction of sp³-hybridized carbons (Fsp3) is 0.588. The number of rotatable bonds is 4. The van der Waals surface area contributed by atoms with E-state index in [1.165, 1.54) is 0 Å². The summed E-state index contributed by atoms with van der Waals surface area (Å²) in [5.41, 5.74) is -0.727. The Bertz CT molecular complexity index is 638. The van der Waals surface area contributed by atoms with Gasteiger partial charge in [0, 0.05) is 11.9 Å². The number of likely N-dealkylation sites (N-methyl/N-ethyl adjacent to an activating group) is 1. The Labute approximate surface area is 145 Å². The number of imide groups is 1. The van der Waals surface area contributed by atoms with Crippen LogP contribution in [-0.2, 0) is 9.59 Å². The van der Waals surface area contributed by atoms with Crippen molar-refractivity contribution in [1.29, 1.82) is 0 Å². The largest absolute Gasteiger partial charge is 0.347 e. The van der Waals surface area contributed by atoms with Crippen LogP contribution in [0.4, 0.5) is 4.79 Å². The minimum Gasteiger partial charge on any atom is -0.347 e. The van der Waals surface area contributed by atoms with Crippen LogP contribution in [0.3, 0.4) is 0 Å². The maximum atomic E-state index is 12.8. The zero-order valence-corrected chi connectivity index (χ0v) is 14.9. The quantitative estimate of drug-likeness (QED) is 0.849. The highest BCUT2D eigenvalue weighted by atomic mass is 32.1. The predicted molar refractivity (Wildman–Crippen MR) is 91.6 cm³/mol. The van der Waals surface area contributed by atoms with Gasteiger partial charge in [0.25, 0.3) is 5.91 Å². The predicted octanol–water partition coefficient (Wildman–Crippen LogP) is 2.52. The van der Waals surface area contributed by atoms with Gasteiger partial charge in [-0.3, -0.25) is 14.5 Å². The molecule has 6 nitrogen and oxygen atoms in total. The third-order valence-electron chi connectivity index (χ3n) is 5.13. The Balaban J connectivity index is 1.67. The summed E-state index contributed by atoms with van der Waals surface area (Å²) in [4.78, 5) is 41.3. The molecule has 1 aliphatic heterocycles. The van der Waals surface area contributed by atoms with Crippen LogP contribution in [-0.4, -0.2) is 46.8 Å². The number of nitrogens with one attached hydrogen (secondary N) is 1. The van der Waals surface area contributed by atoms with E-state index >= 15 is 0 Å². The van der Waals surface area contributed by atoms with Crippen molar-refractivity contribution >= 4 is 29.2 Å². The molecule has 3 rings (SSSR count). The lowest BCUT2D eigenvalue weighted by molar-refractivity contribution is -0.137. The molecule has 2 aliphatic rings. The molecule has 24 heavy (non-hydrogen) atoms. The fourth-order valence-corrected chi connectivity index (χ4v) is 4.45. The van der Waals surface area contributed by atoms with Crippen LogP contribution in [0.2, 0.25) is 0 Å². The van der Waals surface area contributed by atoms with E-state index in [4.69, 9.17) is 0 Å². The van der Waals surface area contributed by atoms with E-state index in [0.29, 0.717) is 12.8 Å². The minimum absolute atomic E-state index is 0.133.